The Balaban J connectivity index is 1.99. The number of ether oxygens (including phenoxy) is 3. The number of aryl methyl sites for hydroxylation is 1. The number of carbonyl (C=O) groups is 2. The number of carbonyl (C=O) groups excluding carboxylic acids is 1. The number of carboxylic acid groups (broad SMARTS) is 1. The molecule has 0 radical (unpaired) electrons. The van der Waals surface area contributed by atoms with Crippen LogP contribution in [0.4, 0.5) is 13.8 Å². The number of thiophene rings is 1. The number of allylic oxidation sites excluding steroid dienone is 5. The van der Waals surface area contributed by atoms with Crippen LogP contribution >= 0.6 is 11.3 Å². The van der Waals surface area contributed by atoms with E-state index in [2.05, 4.69) is 10.2 Å². The molecule has 0 aliphatic rings. The second kappa shape index (κ2) is 14.6. The summed E-state index contributed by atoms with van der Waals surface area (Å²) in [7, 11) is 0. The maximum atomic E-state index is 13.0. The fourth-order valence-corrected chi connectivity index (χ4v) is 3.68. The second-order valence-corrected chi connectivity index (χ2v) is 8.22. The quantitative estimate of drug-likeness (QED) is 0.0740. The summed E-state index contributed by atoms with van der Waals surface area (Å²) in [6.07, 6.45) is 7.19. The zero-order valence-corrected chi connectivity index (χ0v) is 20.8. The Kier molecular flexibility index (Phi) is 11.6. The normalized spacial score (nSPS) is 12.2. The van der Waals surface area contributed by atoms with Crippen molar-refractivity contribution in [2.75, 3.05) is 18.9 Å². The summed E-state index contributed by atoms with van der Waals surface area (Å²) in [6.45, 7) is 1.81. The van der Waals surface area contributed by atoms with Crippen LogP contribution in [0.5, 0.6) is 5.75 Å². The van der Waals surface area contributed by atoms with Crippen molar-refractivity contribution in [2.24, 2.45) is 0 Å². The van der Waals surface area contributed by atoms with Gasteiger partial charge in [-0.3, -0.25) is 10.3 Å². The third-order valence-corrected chi connectivity index (χ3v) is 5.58. The molecular formula is C25H27F2NO7S. The van der Waals surface area contributed by atoms with Crippen LogP contribution in [0.15, 0.2) is 66.2 Å². The van der Waals surface area contributed by atoms with Gasteiger partial charge in [0.25, 0.3) is 0 Å². The summed E-state index contributed by atoms with van der Waals surface area (Å²) in [4.78, 5) is 30.0. The molecule has 1 heterocycles. The lowest BCUT2D eigenvalue weighted by Crippen LogP contribution is -2.08. The molecule has 2 N–H and O–H groups in total. The van der Waals surface area contributed by atoms with Crippen molar-refractivity contribution in [1.29, 1.82) is 0 Å². The average molecular weight is 524 g/mol. The van der Waals surface area contributed by atoms with Gasteiger partial charge in [0.05, 0.1) is 11.3 Å². The van der Waals surface area contributed by atoms with Crippen LogP contribution in [0.25, 0.3) is 0 Å². The van der Waals surface area contributed by atoms with Crippen molar-refractivity contribution in [3.05, 3.63) is 82.2 Å². The molecule has 0 saturated heterocycles. The summed E-state index contributed by atoms with van der Waals surface area (Å²) in [6, 6.07) is 7.20. The van der Waals surface area contributed by atoms with Crippen molar-refractivity contribution in [1.82, 2.24) is 0 Å². The molecule has 0 atom stereocenters. The number of carboxylic acids is 1. The Bertz CT molecular complexity index is 1110. The van der Waals surface area contributed by atoms with Crippen molar-refractivity contribution in [3.8, 4) is 5.75 Å². The average Bonchev–Trinajstić information content (AvgIpc) is 3.26. The van der Waals surface area contributed by atoms with E-state index in [9.17, 15) is 18.4 Å². The van der Waals surface area contributed by atoms with Gasteiger partial charge in [0.2, 0.25) is 6.79 Å². The number of alkyl halides is 2. The Labute approximate surface area is 211 Å². The fourth-order valence-electron chi connectivity index (χ4n) is 2.73. The Morgan fingerprint density at radius 1 is 1.17 bits per heavy atom. The van der Waals surface area contributed by atoms with Crippen molar-refractivity contribution >= 4 is 28.1 Å². The van der Waals surface area contributed by atoms with Gasteiger partial charge in [-0.05, 0) is 68.8 Å². The Hall–Kier alpha value is -3.70. The number of halogens is 2. The van der Waals surface area contributed by atoms with Crippen molar-refractivity contribution in [3.63, 3.8) is 0 Å². The summed E-state index contributed by atoms with van der Waals surface area (Å²) in [5, 5.41) is 9.21. The van der Waals surface area contributed by atoms with Crippen LogP contribution in [0.2, 0.25) is 0 Å². The number of hydrogen-bond donors (Lipinski definition) is 2. The minimum Gasteiger partial charge on any atom is -0.482 e. The Morgan fingerprint density at radius 2 is 1.89 bits per heavy atom. The molecule has 0 spiro atoms. The van der Waals surface area contributed by atoms with E-state index in [1.165, 1.54) is 35.6 Å². The highest BCUT2D eigenvalue weighted by molar-refractivity contribution is 7.16. The van der Waals surface area contributed by atoms with Crippen LogP contribution in [-0.4, -0.2) is 36.9 Å². The third-order valence-electron chi connectivity index (χ3n) is 4.40. The Morgan fingerprint density at radius 3 is 2.50 bits per heavy atom. The highest BCUT2D eigenvalue weighted by atomic mass is 32.1. The maximum Gasteiger partial charge on any atom is 0.387 e. The highest BCUT2D eigenvalue weighted by Crippen LogP contribution is 2.31. The molecule has 0 fully saturated rings. The van der Waals surface area contributed by atoms with E-state index in [-0.39, 0.29) is 18.3 Å². The molecule has 0 amide bonds. The molecule has 36 heavy (non-hydrogen) atoms. The van der Waals surface area contributed by atoms with E-state index in [4.69, 9.17) is 19.4 Å². The number of hydrogen-bond acceptors (Lipinski definition) is 8. The topological polar surface area (TPSA) is 103 Å². The SMILES string of the molecule is C\C=C/C(=C\C=C(/C)OCONc1sc(CC)cc1C(=O)c1ccc(OC(F)F)cc1)OCC(=O)O. The smallest absolute Gasteiger partial charge is 0.387 e. The molecule has 11 heteroatoms. The van der Waals surface area contributed by atoms with E-state index in [0.29, 0.717) is 34.1 Å². The number of anilines is 1. The first kappa shape index (κ1) is 28.5. The number of rotatable bonds is 15. The number of benzene rings is 1. The zero-order chi connectivity index (χ0) is 26.5. The molecule has 0 aliphatic heterocycles. The van der Waals surface area contributed by atoms with E-state index >= 15 is 0 Å². The third kappa shape index (κ3) is 9.51. The maximum absolute atomic E-state index is 13.0. The van der Waals surface area contributed by atoms with Gasteiger partial charge in [0.1, 0.15) is 16.5 Å². The summed E-state index contributed by atoms with van der Waals surface area (Å²) in [5.41, 5.74) is 3.42. The monoisotopic (exact) mass is 523 g/mol. The molecule has 0 bridgehead atoms. The molecule has 0 unspecified atom stereocenters. The molecule has 0 saturated carbocycles. The van der Waals surface area contributed by atoms with Crippen molar-refractivity contribution < 1.29 is 42.5 Å². The second-order valence-electron chi connectivity index (χ2n) is 7.08. The van der Waals surface area contributed by atoms with Gasteiger partial charge in [-0.15, -0.1) is 11.3 Å². The van der Waals surface area contributed by atoms with Gasteiger partial charge >= 0.3 is 12.6 Å². The molecule has 2 aromatic rings. The van der Waals surface area contributed by atoms with Crippen LogP contribution < -0.4 is 10.2 Å². The molecule has 2 rings (SSSR count). The lowest BCUT2D eigenvalue weighted by molar-refractivity contribution is -0.140. The van der Waals surface area contributed by atoms with E-state index in [1.54, 1.807) is 44.2 Å². The van der Waals surface area contributed by atoms with Crippen LogP contribution in [0.3, 0.4) is 0 Å². The minimum absolute atomic E-state index is 0.0375. The molecule has 8 nitrogen and oxygen atoms in total. The van der Waals surface area contributed by atoms with Gasteiger partial charge in [0.15, 0.2) is 12.4 Å². The molecular weight excluding hydrogens is 496 g/mol. The minimum atomic E-state index is -2.94. The van der Waals surface area contributed by atoms with E-state index in [0.717, 1.165) is 4.88 Å². The van der Waals surface area contributed by atoms with Gasteiger partial charge < -0.3 is 19.3 Å². The predicted molar refractivity (Wildman–Crippen MR) is 131 cm³/mol. The lowest BCUT2D eigenvalue weighted by Gasteiger charge is -2.10. The first-order valence-corrected chi connectivity index (χ1v) is 11.6. The molecule has 1 aromatic heterocycles. The fraction of sp³-hybridized carbons (Fsp3) is 0.280. The van der Waals surface area contributed by atoms with Gasteiger partial charge in [-0.25, -0.2) is 9.63 Å². The summed E-state index contributed by atoms with van der Waals surface area (Å²) < 4.78 is 39.6. The highest BCUT2D eigenvalue weighted by Gasteiger charge is 2.18. The zero-order valence-electron chi connectivity index (χ0n) is 20.0. The van der Waals surface area contributed by atoms with Gasteiger partial charge in [0, 0.05) is 10.4 Å². The van der Waals surface area contributed by atoms with Gasteiger partial charge in [-0.1, -0.05) is 13.0 Å². The standard InChI is InChI=1S/C25H27F2NO7S/c1-4-6-18(32-14-22(29)30)10-7-16(3)33-15-34-28-24-21(13-20(5-2)36-24)23(31)17-8-11-19(12-9-17)35-25(26)27/h4,6-13,25,28H,5,14-15H2,1-3H3,(H,29,30)/b6-4-,16-7+,18-10+. The first-order chi connectivity index (χ1) is 17.2. The largest absolute Gasteiger partial charge is 0.482 e. The molecule has 194 valence electrons. The summed E-state index contributed by atoms with van der Waals surface area (Å²) in [5.74, 6) is -0.604. The molecule has 0 aliphatic carbocycles. The number of nitrogens with one attached hydrogen (secondary N) is 1. The number of aliphatic carboxylic acids is 1. The molecule has 1 aromatic carbocycles. The van der Waals surface area contributed by atoms with Crippen LogP contribution in [-0.2, 0) is 25.5 Å². The van der Waals surface area contributed by atoms with Crippen LogP contribution in [0, 0.1) is 0 Å². The number of ketones is 1. The van der Waals surface area contributed by atoms with Gasteiger partial charge in [-0.2, -0.15) is 8.78 Å². The van der Waals surface area contributed by atoms with E-state index in [1.807, 2.05) is 6.92 Å². The lowest BCUT2D eigenvalue weighted by atomic mass is 10.0. The van der Waals surface area contributed by atoms with Crippen molar-refractivity contribution in [2.45, 2.75) is 33.8 Å². The van der Waals surface area contributed by atoms with Crippen LogP contribution in [0.1, 0.15) is 41.6 Å². The predicted octanol–water partition coefficient (Wildman–Crippen LogP) is 5.93. The first-order valence-electron chi connectivity index (χ1n) is 10.8. The summed E-state index contributed by atoms with van der Waals surface area (Å²) >= 11 is 1.35. The van der Waals surface area contributed by atoms with E-state index < -0.39 is 19.2 Å².